The van der Waals surface area contributed by atoms with Crippen LogP contribution < -0.4 is 5.73 Å². The molecule has 0 spiro atoms. The van der Waals surface area contributed by atoms with Crippen LogP contribution in [0.4, 0.5) is 0 Å². The average Bonchev–Trinajstić information content (AvgIpc) is 3.41. The molecule has 2 unspecified atom stereocenters. The number of nitrogens with two attached hydrogens (primary N) is 1. The van der Waals surface area contributed by atoms with E-state index in [1.165, 1.54) is 51.4 Å². The fourth-order valence-electron chi connectivity index (χ4n) is 7.58. The normalized spacial score (nSPS) is 14.1. The van der Waals surface area contributed by atoms with Crippen molar-refractivity contribution in [3.63, 3.8) is 0 Å². The number of ether oxygens (including phenoxy) is 2. The summed E-state index contributed by atoms with van der Waals surface area (Å²) in [7, 11) is -4.40. The van der Waals surface area contributed by atoms with E-state index in [-0.39, 0.29) is 32.6 Å². The SMILES string of the molecule is CC/C=C\C/C=C\C/C=C\C/C=C\C/C=C\C/C=C\C/C=C\C/C=C\C/C=C\C/C=C\C/C=C\CCCCCCCC(=O)OC(COC(=O)CCCCCCC/C=C\CCCCCCCCC)COP(=O)(O)OCCN. The van der Waals surface area contributed by atoms with Gasteiger partial charge in [0.2, 0.25) is 0 Å². The van der Waals surface area contributed by atoms with E-state index in [1.807, 2.05) is 0 Å². The van der Waals surface area contributed by atoms with Gasteiger partial charge in [0.1, 0.15) is 6.61 Å². The second-order valence-corrected chi connectivity index (χ2v) is 20.6. The Kier molecular flexibility index (Phi) is 56.9. The fraction of sp³-hybridized carbons (Fsp3) is 0.606. The lowest BCUT2D eigenvalue weighted by Crippen LogP contribution is -2.29. The molecule has 0 aliphatic heterocycles. The Bertz CT molecular complexity index is 1750. The number of rotatable bonds is 54. The lowest BCUT2D eigenvalue weighted by atomic mass is 10.1. The highest BCUT2D eigenvalue weighted by molar-refractivity contribution is 7.47. The van der Waals surface area contributed by atoms with Crippen LogP contribution in [0, 0.1) is 0 Å². The Labute approximate surface area is 465 Å². The zero-order valence-electron chi connectivity index (χ0n) is 47.9. The van der Waals surface area contributed by atoms with Crippen LogP contribution in [0.25, 0.3) is 0 Å². The fourth-order valence-corrected chi connectivity index (χ4v) is 8.34. The van der Waals surface area contributed by atoms with Gasteiger partial charge in [0.05, 0.1) is 13.2 Å². The van der Waals surface area contributed by atoms with E-state index >= 15 is 0 Å². The molecule has 0 aliphatic carbocycles. The van der Waals surface area contributed by atoms with Crippen molar-refractivity contribution in [3.05, 3.63) is 146 Å². The molecule has 10 heteroatoms. The van der Waals surface area contributed by atoms with Crippen molar-refractivity contribution in [1.29, 1.82) is 0 Å². The number of hydrogen-bond donors (Lipinski definition) is 2. The molecule has 0 radical (unpaired) electrons. The highest BCUT2D eigenvalue weighted by Crippen LogP contribution is 2.43. The molecule has 0 aromatic carbocycles. The third kappa shape index (κ3) is 59.1. The first-order valence-electron chi connectivity index (χ1n) is 29.8. The summed E-state index contributed by atoms with van der Waals surface area (Å²) < 4.78 is 33.0. The van der Waals surface area contributed by atoms with Crippen LogP contribution in [0.15, 0.2) is 146 Å². The van der Waals surface area contributed by atoms with E-state index in [2.05, 4.69) is 160 Å². The predicted octanol–water partition coefficient (Wildman–Crippen LogP) is 19.1. The number of esters is 2. The molecule has 0 saturated carbocycles. The summed E-state index contributed by atoms with van der Waals surface area (Å²) >= 11 is 0. The minimum atomic E-state index is -4.40. The van der Waals surface area contributed by atoms with E-state index in [4.69, 9.17) is 24.3 Å². The standard InChI is InChI=1S/C66H108NO8P/c1-3-5-7-9-11-13-15-17-19-21-22-23-24-25-26-27-28-29-30-31-32-33-34-35-36-37-38-39-40-41-42-43-45-47-49-51-53-55-57-59-66(69)75-64(63-74-76(70,71)73-61-60-67)62-72-65(68)58-56-54-52-50-48-46-44-20-18-16-14-12-10-8-6-4-2/h5,7,11,13,17,19-20,22-23,25-26,28-29,31-32,34-35,37-38,40-41,43-45,64H,3-4,6,8-10,12,14-16,18,21,24,27,30,33,36,39,42,46-63,67H2,1-2H3,(H,70,71)/b7-5-,13-11-,19-17-,23-22-,26-25-,29-28-,32-31-,35-34-,38-37-,41-40-,44-20-,45-43-. The summed E-state index contributed by atoms with van der Waals surface area (Å²) in [5, 5.41) is 0. The van der Waals surface area contributed by atoms with Crippen molar-refractivity contribution in [1.82, 2.24) is 0 Å². The number of hydrogen-bond acceptors (Lipinski definition) is 8. The first-order valence-corrected chi connectivity index (χ1v) is 31.3. The number of carbonyl (C=O) groups is 2. The van der Waals surface area contributed by atoms with Gasteiger partial charge >= 0.3 is 19.8 Å². The summed E-state index contributed by atoms with van der Waals surface area (Å²) in [4.78, 5) is 35.1. The second kappa shape index (κ2) is 60.1. The third-order valence-corrected chi connectivity index (χ3v) is 12.9. The molecular formula is C66H108NO8P. The Hall–Kier alpha value is -4.11. The first kappa shape index (κ1) is 71.9. The Morgan fingerprint density at radius 1 is 0.408 bits per heavy atom. The van der Waals surface area contributed by atoms with Crippen molar-refractivity contribution in [2.45, 2.75) is 232 Å². The zero-order valence-corrected chi connectivity index (χ0v) is 48.8. The molecule has 0 aromatic heterocycles. The minimum Gasteiger partial charge on any atom is -0.462 e. The number of allylic oxidation sites excluding steroid dienone is 24. The number of phosphoric acid groups is 1. The molecule has 2 atom stereocenters. The molecule has 0 heterocycles. The molecule has 9 nitrogen and oxygen atoms in total. The van der Waals surface area contributed by atoms with Gasteiger partial charge in [-0.25, -0.2) is 4.57 Å². The molecule has 0 aliphatic rings. The summed E-state index contributed by atoms with van der Waals surface area (Å²) in [6.45, 7) is 3.58. The maximum Gasteiger partial charge on any atom is 0.472 e. The number of carbonyl (C=O) groups excluding carboxylic acids is 2. The van der Waals surface area contributed by atoms with Crippen LogP contribution in [-0.4, -0.2) is 49.3 Å². The smallest absolute Gasteiger partial charge is 0.462 e. The van der Waals surface area contributed by atoms with E-state index in [0.29, 0.717) is 12.8 Å². The molecule has 76 heavy (non-hydrogen) atoms. The second-order valence-electron chi connectivity index (χ2n) is 19.1. The maximum absolute atomic E-state index is 12.7. The monoisotopic (exact) mass is 1070 g/mol. The molecule has 3 N–H and O–H groups in total. The van der Waals surface area contributed by atoms with Crippen LogP contribution in [0.2, 0.25) is 0 Å². The van der Waals surface area contributed by atoms with Gasteiger partial charge in [-0.1, -0.05) is 237 Å². The molecule has 430 valence electrons. The Morgan fingerprint density at radius 3 is 1.09 bits per heavy atom. The summed E-state index contributed by atoms with van der Waals surface area (Å²) in [6, 6.07) is 0. The zero-order chi connectivity index (χ0) is 55.2. The number of phosphoric ester groups is 1. The molecule has 0 fully saturated rings. The topological polar surface area (TPSA) is 134 Å². The largest absolute Gasteiger partial charge is 0.472 e. The quantitative estimate of drug-likeness (QED) is 0.0264. The molecule has 0 rings (SSSR count). The minimum absolute atomic E-state index is 0.0417. The van der Waals surface area contributed by atoms with Gasteiger partial charge in [-0.05, 0) is 122 Å². The van der Waals surface area contributed by atoms with E-state index in [9.17, 15) is 19.0 Å². The highest BCUT2D eigenvalue weighted by atomic mass is 31.2. The van der Waals surface area contributed by atoms with Gasteiger partial charge < -0.3 is 20.1 Å². The van der Waals surface area contributed by atoms with Crippen LogP contribution in [-0.2, 0) is 32.7 Å². The van der Waals surface area contributed by atoms with Gasteiger partial charge in [-0.15, -0.1) is 0 Å². The van der Waals surface area contributed by atoms with Gasteiger partial charge in [0.15, 0.2) is 6.10 Å². The number of unbranched alkanes of at least 4 members (excludes halogenated alkanes) is 17. The Balaban J connectivity index is 4.06. The van der Waals surface area contributed by atoms with Crippen LogP contribution in [0.5, 0.6) is 0 Å². The summed E-state index contributed by atoms with van der Waals surface area (Å²) in [6.07, 6.45) is 86.2. The molecule has 0 aromatic rings. The summed E-state index contributed by atoms with van der Waals surface area (Å²) in [5.41, 5.74) is 5.37. The van der Waals surface area contributed by atoms with E-state index in [0.717, 1.165) is 135 Å². The maximum atomic E-state index is 12.7. The van der Waals surface area contributed by atoms with Crippen LogP contribution in [0.3, 0.4) is 0 Å². The van der Waals surface area contributed by atoms with Gasteiger partial charge in [0, 0.05) is 19.4 Å². The predicted molar refractivity (Wildman–Crippen MR) is 325 cm³/mol. The highest BCUT2D eigenvalue weighted by Gasteiger charge is 2.26. The lowest BCUT2D eigenvalue weighted by molar-refractivity contribution is -0.161. The van der Waals surface area contributed by atoms with Crippen LogP contribution in [0.1, 0.15) is 226 Å². The van der Waals surface area contributed by atoms with E-state index in [1.54, 1.807) is 0 Å². The molecule has 0 amide bonds. The van der Waals surface area contributed by atoms with E-state index < -0.39 is 32.5 Å². The first-order chi connectivity index (χ1) is 37.3. The van der Waals surface area contributed by atoms with Crippen molar-refractivity contribution in [2.24, 2.45) is 5.73 Å². The lowest BCUT2D eigenvalue weighted by Gasteiger charge is -2.19. The Morgan fingerprint density at radius 2 is 0.724 bits per heavy atom. The molecular weight excluding hydrogens is 966 g/mol. The third-order valence-electron chi connectivity index (χ3n) is 12.0. The van der Waals surface area contributed by atoms with Crippen molar-refractivity contribution < 1.29 is 37.6 Å². The molecule has 0 bridgehead atoms. The van der Waals surface area contributed by atoms with Gasteiger partial charge in [-0.2, -0.15) is 0 Å². The average molecular weight is 1070 g/mol. The molecule has 0 saturated heterocycles. The van der Waals surface area contributed by atoms with Gasteiger partial charge in [-0.3, -0.25) is 18.6 Å². The van der Waals surface area contributed by atoms with Crippen molar-refractivity contribution >= 4 is 19.8 Å². The summed E-state index contributed by atoms with van der Waals surface area (Å²) in [5.74, 6) is -0.869. The van der Waals surface area contributed by atoms with Gasteiger partial charge in [0.25, 0.3) is 0 Å². The van der Waals surface area contributed by atoms with Crippen molar-refractivity contribution in [2.75, 3.05) is 26.4 Å². The van der Waals surface area contributed by atoms with Crippen molar-refractivity contribution in [3.8, 4) is 0 Å². The van der Waals surface area contributed by atoms with Crippen LogP contribution >= 0.6 is 7.82 Å².